The number of benzene rings is 2. The molecule has 2 heterocycles. The van der Waals surface area contributed by atoms with Gasteiger partial charge in [-0.2, -0.15) is 0 Å². The molecule has 2 aromatic heterocycles. The van der Waals surface area contributed by atoms with E-state index in [0.29, 0.717) is 35.0 Å². The number of aryl methyl sites for hydroxylation is 2. The maximum Gasteiger partial charge on any atom is 0.155 e. The molecule has 0 atom stereocenters. The summed E-state index contributed by atoms with van der Waals surface area (Å²) in [5.41, 5.74) is 2.57. The Kier molecular flexibility index (Phi) is 6.03. The Bertz CT molecular complexity index is 1110. The molecule has 0 saturated carbocycles. The van der Waals surface area contributed by atoms with Crippen LogP contribution < -0.4 is 0 Å². The Morgan fingerprint density at radius 2 is 1.03 bits per heavy atom. The summed E-state index contributed by atoms with van der Waals surface area (Å²) in [7, 11) is 0. The predicted molar refractivity (Wildman–Crippen MR) is 120 cm³/mol. The van der Waals surface area contributed by atoms with Crippen molar-refractivity contribution in [1.29, 1.82) is 0 Å². The number of para-hydroxylation sites is 2. The fourth-order valence-corrected chi connectivity index (χ4v) is 4.02. The minimum Gasteiger partial charge on any atom is -0.243 e. The van der Waals surface area contributed by atoms with Gasteiger partial charge in [0.2, 0.25) is 0 Å². The van der Waals surface area contributed by atoms with Crippen molar-refractivity contribution in [1.82, 2.24) is 9.97 Å². The first kappa shape index (κ1) is 20.4. The molecule has 0 spiro atoms. The zero-order valence-electron chi connectivity index (χ0n) is 17.5. The third-order valence-electron chi connectivity index (χ3n) is 5.65. The molecule has 0 radical (unpaired) electrons. The van der Waals surface area contributed by atoms with Gasteiger partial charge < -0.3 is 0 Å². The lowest BCUT2D eigenvalue weighted by atomic mass is 9.97. The van der Waals surface area contributed by atoms with Gasteiger partial charge in [-0.3, -0.25) is 0 Å². The number of halogens is 2. The Morgan fingerprint density at radius 3 is 1.43 bits per heavy atom. The van der Waals surface area contributed by atoms with Crippen LogP contribution in [0.2, 0.25) is 0 Å². The molecule has 30 heavy (non-hydrogen) atoms. The van der Waals surface area contributed by atoms with Gasteiger partial charge in [-0.05, 0) is 48.9 Å². The predicted octanol–water partition coefficient (Wildman–Crippen LogP) is 7.41. The lowest BCUT2D eigenvalue weighted by Gasteiger charge is -2.15. The standard InChI is InChI=1S/C26H26F2N2/c1-3-5-11-19-17-13-7-9-15-21(17)29-25(23(19)27)26-24(28)20(12-6-4-2)18-14-8-10-16-22(18)30-26/h7-10,13-16H,3-6,11-12H2,1-2H3. The average Bonchev–Trinajstić information content (AvgIpc) is 2.77. The van der Waals surface area contributed by atoms with E-state index < -0.39 is 11.6 Å². The summed E-state index contributed by atoms with van der Waals surface area (Å²) in [6.07, 6.45) is 4.82. The first-order valence-corrected chi connectivity index (χ1v) is 10.8. The third-order valence-corrected chi connectivity index (χ3v) is 5.65. The highest BCUT2D eigenvalue weighted by Gasteiger charge is 2.23. The molecule has 0 aliphatic carbocycles. The molecule has 154 valence electrons. The van der Waals surface area contributed by atoms with Crippen LogP contribution in [0.4, 0.5) is 8.78 Å². The van der Waals surface area contributed by atoms with Crippen LogP contribution in [0.3, 0.4) is 0 Å². The number of fused-ring (bicyclic) bond motifs is 2. The zero-order chi connectivity index (χ0) is 21.1. The molecule has 0 saturated heterocycles. The second-order valence-electron chi connectivity index (χ2n) is 7.75. The van der Waals surface area contributed by atoms with Gasteiger partial charge in [0.05, 0.1) is 11.0 Å². The molecule has 4 aromatic rings. The number of aromatic nitrogens is 2. The second-order valence-corrected chi connectivity index (χ2v) is 7.75. The van der Waals surface area contributed by atoms with Crippen LogP contribution in [0.5, 0.6) is 0 Å². The molecule has 4 heteroatoms. The van der Waals surface area contributed by atoms with E-state index in [-0.39, 0.29) is 11.4 Å². The largest absolute Gasteiger partial charge is 0.243 e. The van der Waals surface area contributed by atoms with E-state index in [2.05, 4.69) is 23.8 Å². The van der Waals surface area contributed by atoms with Gasteiger partial charge in [0.15, 0.2) is 11.6 Å². The van der Waals surface area contributed by atoms with Gasteiger partial charge in [-0.15, -0.1) is 0 Å². The Balaban J connectivity index is 2.00. The molecule has 4 rings (SSSR count). The van der Waals surface area contributed by atoms with Gasteiger partial charge in [0.25, 0.3) is 0 Å². The maximum atomic E-state index is 15.7. The van der Waals surface area contributed by atoms with Crippen LogP contribution in [-0.4, -0.2) is 9.97 Å². The second kappa shape index (κ2) is 8.86. The fraction of sp³-hybridized carbons (Fsp3) is 0.308. The Hall–Kier alpha value is -2.88. The number of unbranched alkanes of at least 4 members (excludes halogenated alkanes) is 2. The quantitative estimate of drug-likeness (QED) is 0.320. The summed E-state index contributed by atoms with van der Waals surface area (Å²) in [6, 6.07) is 15.0. The lowest BCUT2D eigenvalue weighted by molar-refractivity contribution is 0.588. The van der Waals surface area contributed by atoms with Crippen LogP contribution in [0.1, 0.15) is 50.7 Å². The first-order chi connectivity index (χ1) is 14.7. The smallest absolute Gasteiger partial charge is 0.155 e. The highest BCUT2D eigenvalue weighted by Crippen LogP contribution is 2.34. The van der Waals surface area contributed by atoms with Crippen molar-refractivity contribution in [2.24, 2.45) is 0 Å². The minimum absolute atomic E-state index is 0.0146. The first-order valence-electron chi connectivity index (χ1n) is 10.8. The maximum absolute atomic E-state index is 15.7. The SMILES string of the molecule is CCCCc1c(F)c(-c2nc3ccccc3c(CCCC)c2F)nc2ccccc12. The normalized spacial score (nSPS) is 11.5. The van der Waals surface area contributed by atoms with Crippen LogP contribution in [0, 0.1) is 11.6 Å². The van der Waals surface area contributed by atoms with Gasteiger partial charge in [0, 0.05) is 10.8 Å². The van der Waals surface area contributed by atoms with Crippen molar-refractivity contribution in [3.05, 3.63) is 71.3 Å². The number of nitrogens with zero attached hydrogens (tertiary/aromatic N) is 2. The highest BCUT2D eigenvalue weighted by atomic mass is 19.1. The molecule has 2 nitrogen and oxygen atoms in total. The van der Waals surface area contributed by atoms with E-state index in [1.807, 2.05) is 48.5 Å². The Morgan fingerprint density at radius 1 is 0.633 bits per heavy atom. The van der Waals surface area contributed by atoms with E-state index in [1.165, 1.54) is 0 Å². The number of pyridine rings is 2. The molecular formula is C26H26F2N2. The van der Waals surface area contributed by atoms with Crippen molar-refractivity contribution < 1.29 is 8.78 Å². The van der Waals surface area contributed by atoms with E-state index in [0.717, 1.165) is 36.5 Å². The molecule has 0 unspecified atom stereocenters. The van der Waals surface area contributed by atoms with Crippen molar-refractivity contribution in [3.63, 3.8) is 0 Å². The van der Waals surface area contributed by atoms with Gasteiger partial charge in [-0.25, -0.2) is 18.7 Å². The summed E-state index contributed by atoms with van der Waals surface area (Å²) in [6.45, 7) is 4.15. The van der Waals surface area contributed by atoms with Crippen LogP contribution in [0.15, 0.2) is 48.5 Å². The summed E-state index contributed by atoms with van der Waals surface area (Å²) in [4.78, 5) is 9.05. The summed E-state index contributed by atoms with van der Waals surface area (Å²) < 4.78 is 31.4. The monoisotopic (exact) mass is 404 g/mol. The molecule has 0 bridgehead atoms. The summed E-state index contributed by atoms with van der Waals surface area (Å²) >= 11 is 0. The van der Waals surface area contributed by atoms with Gasteiger partial charge in [0.1, 0.15) is 11.4 Å². The molecule has 2 aromatic carbocycles. The number of hydrogen-bond acceptors (Lipinski definition) is 2. The molecule has 0 aliphatic heterocycles. The minimum atomic E-state index is -0.453. The Labute approximate surface area is 176 Å². The van der Waals surface area contributed by atoms with Crippen molar-refractivity contribution in [2.75, 3.05) is 0 Å². The van der Waals surface area contributed by atoms with Crippen molar-refractivity contribution >= 4 is 21.8 Å². The van der Waals surface area contributed by atoms with Crippen molar-refractivity contribution in [3.8, 4) is 11.4 Å². The molecule has 0 aliphatic rings. The van der Waals surface area contributed by atoms with Crippen LogP contribution >= 0.6 is 0 Å². The third kappa shape index (κ3) is 3.67. The van der Waals surface area contributed by atoms with Crippen LogP contribution in [0.25, 0.3) is 33.2 Å². The molecular weight excluding hydrogens is 378 g/mol. The fourth-order valence-electron chi connectivity index (χ4n) is 4.02. The summed E-state index contributed by atoms with van der Waals surface area (Å²) in [5.74, 6) is -0.907. The molecule has 0 fully saturated rings. The van der Waals surface area contributed by atoms with E-state index in [9.17, 15) is 0 Å². The number of hydrogen-bond donors (Lipinski definition) is 0. The number of rotatable bonds is 7. The van der Waals surface area contributed by atoms with Gasteiger partial charge >= 0.3 is 0 Å². The zero-order valence-corrected chi connectivity index (χ0v) is 17.5. The average molecular weight is 405 g/mol. The molecule has 0 amide bonds. The van der Waals surface area contributed by atoms with Crippen LogP contribution in [-0.2, 0) is 12.8 Å². The molecule has 0 N–H and O–H groups in total. The van der Waals surface area contributed by atoms with Crippen molar-refractivity contribution in [2.45, 2.75) is 52.4 Å². The van der Waals surface area contributed by atoms with E-state index in [1.54, 1.807) is 0 Å². The highest BCUT2D eigenvalue weighted by molar-refractivity contribution is 5.88. The van der Waals surface area contributed by atoms with E-state index >= 15 is 8.78 Å². The summed E-state index contributed by atoms with van der Waals surface area (Å²) in [5, 5.41) is 1.58. The lowest BCUT2D eigenvalue weighted by Crippen LogP contribution is -2.05. The van der Waals surface area contributed by atoms with E-state index in [4.69, 9.17) is 0 Å². The topological polar surface area (TPSA) is 25.8 Å². The van der Waals surface area contributed by atoms with Gasteiger partial charge in [-0.1, -0.05) is 63.1 Å².